The number of aliphatic carboxylic acids is 2. The molecule has 0 aromatic heterocycles. The van der Waals surface area contributed by atoms with E-state index in [-0.39, 0.29) is 42.8 Å². The van der Waals surface area contributed by atoms with Crippen LogP contribution in [0.3, 0.4) is 0 Å². The van der Waals surface area contributed by atoms with Crippen LogP contribution in [0.4, 0.5) is 0 Å². The summed E-state index contributed by atoms with van der Waals surface area (Å²) in [5.74, 6) is -3.30. The van der Waals surface area contributed by atoms with E-state index in [1.165, 1.54) is 35.6 Å². The van der Waals surface area contributed by atoms with Gasteiger partial charge in [-0.1, -0.05) is 21.6 Å². The van der Waals surface area contributed by atoms with Crippen LogP contribution in [0.2, 0.25) is 0 Å². The molecule has 4 unspecified atom stereocenters. The molecule has 4 amide bonds. The first-order valence-corrected chi connectivity index (χ1v) is 15.3. The summed E-state index contributed by atoms with van der Waals surface area (Å²) in [6.45, 7) is 1.48. The molecule has 17 heteroatoms. The van der Waals surface area contributed by atoms with Crippen molar-refractivity contribution >= 4 is 68.9 Å². The quantitative estimate of drug-likeness (QED) is 0.0542. The van der Waals surface area contributed by atoms with Crippen LogP contribution in [0.1, 0.15) is 26.2 Å². The third-order valence-corrected chi connectivity index (χ3v) is 8.09. The van der Waals surface area contributed by atoms with Crippen LogP contribution >= 0.6 is 33.3 Å². The second-order valence-corrected chi connectivity index (χ2v) is 11.7. The van der Waals surface area contributed by atoms with E-state index in [9.17, 15) is 39.0 Å². The summed E-state index contributed by atoms with van der Waals surface area (Å²) in [6, 6.07) is -2.84. The summed E-state index contributed by atoms with van der Waals surface area (Å²) in [5.41, 5.74) is 0. The van der Waals surface area contributed by atoms with E-state index in [1.807, 2.05) is 0 Å². The van der Waals surface area contributed by atoms with Gasteiger partial charge in [0.1, 0.15) is 12.1 Å². The van der Waals surface area contributed by atoms with Crippen molar-refractivity contribution in [2.45, 2.75) is 50.4 Å². The third kappa shape index (κ3) is 17.3. The molecule has 0 heterocycles. The van der Waals surface area contributed by atoms with Gasteiger partial charge in [0.05, 0.1) is 25.0 Å². The molecule has 0 aliphatic heterocycles. The lowest BCUT2D eigenvalue weighted by molar-refractivity contribution is -0.141. The smallest absolute Gasteiger partial charge is 0.327 e. The van der Waals surface area contributed by atoms with Gasteiger partial charge in [0, 0.05) is 43.0 Å². The van der Waals surface area contributed by atoms with Gasteiger partial charge in [-0.3, -0.25) is 24.0 Å². The summed E-state index contributed by atoms with van der Waals surface area (Å²) in [4.78, 5) is 70.4. The zero-order valence-electron chi connectivity index (χ0n) is 21.5. The standard InChI is InChI=1S/C21H37N5O9S3/c1-12(27)8-17(29)26-15(21(34)35)10-36-7-5-24-20(33)13(9-18(30)31)25-16(28)4-6-37-38-11-14(22-2)19(32)23-3/h12-15,22,27H,4-11H2,1-3H3,(H,23,32)(H,24,33)(H,25,28)(H,26,29)(H,30,31)(H,34,35). The van der Waals surface area contributed by atoms with Crippen LogP contribution in [0, 0.1) is 0 Å². The van der Waals surface area contributed by atoms with Crippen molar-refractivity contribution in [3.8, 4) is 0 Å². The van der Waals surface area contributed by atoms with Crippen molar-refractivity contribution < 1.29 is 44.1 Å². The van der Waals surface area contributed by atoms with Gasteiger partial charge in [-0.2, -0.15) is 11.8 Å². The second kappa shape index (κ2) is 20.7. The monoisotopic (exact) mass is 599 g/mol. The fourth-order valence-electron chi connectivity index (χ4n) is 2.69. The highest BCUT2D eigenvalue weighted by atomic mass is 33.1. The Balaban J connectivity index is 4.47. The molecule has 0 spiro atoms. The maximum atomic E-state index is 12.4. The summed E-state index contributed by atoms with van der Waals surface area (Å²) in [6.07, 6.45) is -1.71. The Labute approximate surface area is 233 Å². The Bertz CT molecular complexity index is 804. The summed E-state index contributed by atoms with van der Waals surface area (Å²) in [5, 5.41) is 40.2. The highest BCUT2D eigenvalue weighted by Gasteiger charge is 2.24. The molecule has 0 radical (unpaired) electrons. The molecule has 0 aromatic carbocycles. The molecule has 4 atom stereocenters. The Morgan fingerprint density at radius 2 is 1.45 bits per heavy atom. The number of hydrogen-bond donors (Lipinski definition) is 8. The topological polar surface area (TPSA) is 223 Å². The number of likely N-dealkylation sites (N-methyl/N-ethyl adjacent to an activating group) is 2. The number of aliphatic hydroxyl groups is 1. The number of rotatable bonds is 21. The minimum Gasteiger partial charge on any atom is -0.481 e. The first kappa shape index (κ1) is 35.8. The zero-order chi connectivity index (χ0) is 29.1. The maximum Gasteiger partial charge on any atom is 0.327 e. The van der Waals surface area contributed by atoms with Gasteiger partial charge in [-0.05, 0) is 14.0 Å². The van der Waals surface area contributed by atoms with Gasteiger partial charge in [0.15, 0.2) is 0 Å². The Hall–Kier alpha value is -2.21. The number of carbonyl (C=O) groups excluding carboxylic acids is 4. The van der Waals surface area contributed by atoms with Crippen LogP contribution in [0.5, 0.6) is 0 Å². The fraction of sp³-hybridized carbons (Fsp3) is 0.714. The fourth-order valence-corrected chi connectivity index (χ4v) is 5.80. The van der Waals surface area contributed by atoms with E-state index < -0.39 is 54.3 Å². The third-order valence-electron chi connectivity index (χ3n) is 4.62. The molecule has 0 rings (SSSR count). The average molecular weight is 600 g/mol. The van der Waals surface area contributed by atoms with Crippen LogP contribution in [0.15, 0.2) is 0 Å². The summed E-state index contributed by atoms with van der Waals surface area (Å²) >= 11 is 1.14. The van der Waals surface area contributed by atoms with Crippen LogP contribution in [-0.4, -0.2) is 119 Å². The molecule has 0 saturated carbocycles. The molecule has 0 bridgehead atoms. The van der Waals surface area contributed by atoms with Crippen molar-refractivity contribution in [3.63, 3.8) is 0 Å². The van der Waals surface area contributed by atoms with Crippen molar-refractivity contribution in [2.24, 2.45) is 0 Å². The van der Waals surface area contributed by atoms with Gasteiger partial charge >= 0.3 is 11.9 Å². The van der Waals surface area contributed by atoms with Gasteiger partial charge in [0.25, 0.3) is 0 Å². The van der Waals surface area contributed by atoms with Gasteiger partial charge < -0.3 is 41.9 Å². The summed E-state index contributed by atoms with van der Waals surface area (Å²) in [7, 11) is 5.97. The van der Waals surface area contributed by atoms with Gasteiger partial charge in [-0.15, -0.1) is 0 Å². The molecule has 218 valence electrons. The predicted molar refractivity (Wildman–Crippen MR) is 147 cm³/mol. The molecule has 0 aromatic rings. The maximum absolute atomic E-state index is 12.4. The first-order chi connectivity index (χ1) is 17.9. The van der Waals surface area contributed by atoms with Crippen LogP contribution < -0.4 is 26.6 Å². The number of carboxylic acids is 2. The zero-order valence-corrected chi connectivity index (χ0v) is 23.9. The molecular formula is C21H37N5O9S3. The Kier molecular flexibility index (Phi) is 19.5. The highest BCUT2D eigenvalue weighted by molar-refractivity contribution is 8.76. The Morgan fingerprint density at radius 1 is 0.789 bits per heavy atom. The number of carboxylic acid groups (broad SMARTS) is 2. The molecule has 0 aliphatic rings. The molecule has 14 nitrogen and oxygen atoms in total. The van der Waals surface area contributed by atoms with E-state index in [4.69, 9.17) is 5.11 Å². The molecule has 38 heavy (non-hydrogen) atoms. The molecule has 0 fully saturated rings. The lowest BCUT2D eigenvalue weighted by Gasteiger charge is -2.17. The molecular weight excluding hydrogens is 562 g/mol. The SMILES string of the molecule is CNC(=O)C(CSSCCC(=O)NC(CC(=O)O)C(=O)NCCSCC(NC(=O)CC(C)O)C(=O)O)NC. The predicted octanol–water partition coefficient (Wildman–Crippen LogP) is -1.76. The number of thioether (sulfide) groups is 1. The molecule has 0 saturated heterocycles. The van der Waals surface area contributed by atoms with Crippen molar-refractivity contribution in [3.05, 3.63) is 0 Å². The summed E-state index contributed by atoms with van der Waals surface area (Å²) < 4.78 is 0. The van der Waals surface area contributed by atoms with E-state index in [0.717, 1.165) is 11.8 Å². The molecule has 8 N–H and O–H groups in total. The average Bonchev–Trinajstić information content (AvgIpc) is 2.83. The number of nitrogens with one attached hydrogen (secondary N) is 5. The van der Waals surface area contributed by atoms with Gasteiger partial charge in [-0.25, -0.2) is 4.79 Å². The lowest BCUT2D eigenvalue weighted by Crippen LogP contribution is -2.48. The van der Waals surface area contributed by atoms with Crippen LogP contribution in [0.25, 0.3) is 0 Å². The van der Waals surface area contributed by atoms with Crippen molar-refractivity contribution in [2.75, 3.05) is 43.7 Å². The Morgan fingerprint density at radius 3 is 2.00 bits per heavy atom. The van der Waals surface area contributed by atoms with E-state index in [1.54, 1.807) is 7.05 Å². The highest BCUT2D eigenvalue weighted by Crippen LogP contribution is 2.22. The normalized spacial score (nSPS) is 13.9. The number of amides is 4. The van der Waals surface area contributed by atoms with E-state index in [0.29, 0.717) is 11.5 Å². The number of hydrogen-bond acceptors (Lipinski definition) is 11. The van der Waals surface area contributed by atoms with E-state index in [2.05, 4.69) is 26.6 Å². The minimum absolute atomic E-state index is 0.0138. The lowest BCUT2D eigenvalue weighted by atomic mass is 10.2. The second-order valence-electron chi connectivity index (χ2n) is 7.91. The van der Waals surface area contributed by atoms with Gasteiger partial charge in [0.2, 0.25) is 23.6 Å². The first-order valence-electron chi connectivity index (χ1n) is 11.6. The number of carbonyl (C=O) groups is 6. The van der Waals surface area contributed by atoms with Crippen molar-refractivity contribution in [1.82, 2.24) is 26.6 Å². The van der Waals surface area contributed by atoms with E-state index >= 15 is 0 Å². The number of aliphatic hydroxyl groups excluding tert-OH is 1. The largest absolute Gasteiger partial charge is 0.481 e. The van der Waals surface area contributed by atoms with Crippen molar-refractivity contribution in [1.29, 1.82) is 0 Å². The van der Waals surface area contributed by atoms with Crippen LogP contribution in [-0.2, 0) is 28.8 Å². The minimum atomic E-state index is -1.28. The molecule has 0 aliphatic carbocycles.